The molecule has 0 radical (unpaired) electrons. The lowest BCUT2D eigenvalue weighted by Crippen LogP contribution is -1.91. The normalized spacial score (nSPS) is 9.71. The highest BCUT2D eigenvalue weighted by atomic mass is 14.9. The summed E-state index contributed by atoms with van der Waals surface area (Å²) in [5.74, 6) is 0. The smallest absolute Gasteiger partial charge is 0.0991 e. The van der Waals surface area contributed by atoms with Crippen LogP contribution in [0.3, 0.4) is 0 Å². The van der Waals surface area contributed by atoms with Crippen molar-refractivity contribution >= 4 is 11.4 Å². The number of nitriles is 1. The number of rotatable bonds is 2. The lowest BCUT2D eigenvalue weighted by molar-refractivity contribution is 1.37. The molecular weight excluding hydrogens is 208 g/mol. The second-order valence-electron chi connectivity index (χ2n) is 4.19. The van der Waals surface area contributed by atoms with Crippen LogP contribution in [0.4, 0.5) is 11.4 Å². The third-order valence-corrected chi connectivity index (χ3v) is 2.52. The molecule has 2 nitrogen and oxygen atoms in total. The van der Waals surface area contributed by atoms with Gasteiger partial charge in [0.1, 0.15) is 0 Å². The number of anilines is 2. The molecule has 0 aromatic heterocycles. The molecule has 0 aliphatic carbocycles. The highest BCUT2D eigenvalue weighted by Gasteiger charge is 1.97. The molecular formula is C15H14N2. The van der Waals surface area contributed by atoms with Crippen LogP contribution in [-0.4, -0.2) is 0 Å². The largest absolute Gasteiger partial charge is 0.356 e. The van der Waals surface area contributed by atoms with Crippen molar-refractivity contribution in [3.63, 3.8) is 0 Å². The Morgan fingerprint density at radius 2 is 1.47 bits per heavy atom. The van der Waals surface area contributed by atoms with Crippen molar-refractivity contribution in [1.29, 1.82) is 5.26 Å². The molecule has 0 saturated heterocycles. The van der Waals surface area contributed by atoms with Gasteiger partial charge in [0.05, 0.1) is 11.6 Å². The van der Waals surface area contributed by atoms with Crippen molar-refractivity contribution < 1.29 is 0 Å². The molecule has 0 aliphatic rings. The van der Waals surface area contributed by atoms with Gasteiger partial charge in [-0.25, -0.2) is 0 Å². The fourth-order valence-electron chi connectivity index (χ4n) is 1.84. The van der Waals surface area contributed by atoms with E-state index >= 15 is 0 Å². The van der Waals surface area contributed by atoms with Crippen molar-refractivity contribution in [3.8, 4) is 6.07 Å². The van der Waals surface area contributed by atoms with Crippen molar-refractivity contribution in [2.24, 2.45) is 0 Å². The Bertz CT molecular complexity index is 542. The quantitative estimate of drug-likeness (QED) is 0.836. The van der Waals surface area contributed by atoms with Gasteiger partial charge in [-0.05, 0) is 61.4 Å². The van der Waals surface area contributed by atoms with Gasteiger partial charge in [0, 0.05) is 11.4 Å². The van der Waals surface area contributed by atoms with Gasteiger partial charge in [-0.3, -0.25) is 0 Å². The molecule has 84 valence electrons. The molecule has 17 heavy (non-hydrogen) atoms. The topological polar surface area (TPSA) is 35.8 Å². The Morgan fingerprint density at radius 1 is 0.882 bits per heavy atom. The van der Waals surface area contributed by atoms with E-state index in [0.717, 1.165) is 11.4 Å². The summed E-state index contributed by atoms with van der Waals surface area (Å²) in [5, 5.41) is 12.0. The van der Waals surface area contributed by atoms with E-state index in [9.17, 15) is 0 Å². The first-order chi connectivity index (χ1) is 8.17. The molecule has 1 N–H and O–H groups in total. The van der Waals surface area contributed by atoms with Crippen LogP contribution in [0.2, 0.25) is 0 Å². The molecule has 0 bridgehead atoms. The molecule has 0 fully saturated rings. The van der Waals surface area contributed by atoms with E-state index in [0.29, 0.717) is 5.56 Å². The maximum absolute atomic E-state index is 8.72. The molecule has 0 atom stereocenters. The first-order valence-electron chi connectivity index (χ1n) is 5.53. The van der Waals surface area contributed by atoms with Crippen molar-refractivity contribution in [3.05, 3.63) is 59.2 Å². The summed E-state index contributed by atoms with van der Waals surface area (Å²) in [5.41, 5.74) is 5.22. The van der Waals surface area contributed by atoms with E-state index in [2.05, 4.69) is 43.4 Å². The molecule has 2 rings (SSSR count). The zero-order chi connectivity index (χ0) is 12.3. The first kappa shape index (κ1) is 11.2. The Hall–Kier alpha value is -2.27. The molecule has 2 heteroatoms. The summed E-state index contributed by atoms with van der Waals surface area (Å²) in [6.45, 7) is 4.16. The van der Waals surface area contributed by atoms with Gasteiger partial charge in [-0.2, -0.15) is 5.26 Å². The molecule has 0 unspecified atom stereocenters. The predicted octanol–water partition coefficient (Wildman–Crippen LogP) is 3.92. The fourth-order valence-corrected chi connectivity index (χ4v) is 1.84. The third-order valence-electron chi connectivity index (χ3n) is 2.52. The molecule has 0 spiro atoms. The minimum atomic E-state index is 0.677. The minimum absolute atomic E-state index is 0.677. The van der Waals surface area contributed by atoms with Crippen LogP contribution < -0.4 is 5.32 Å². The SMILES string of the molecule is Cc1cc(C)cc(Nc2ccc(C#N)cc2)c1. The number of nitrogens with zero attached hydrogens (tertiary/aromatic N) is 1. The highest BCUT2D eigenvalue weighted by molar-refractivity contribution is 5.61. The lowest BCUT2D eigenvalue weighted by Gasteiger charge is -2.08. The Labute approximate surface area is 102 Å². The summed E-state index contributed by atoms with van der Waals surface area (Å²) < 4.78 is 0. The van der Waals surface area contributed by atoms with E-state index in [4.69, 9.17) is 5.26 Å². The second kappa shape index (κ2) is 4.71. The standard InChI is InChI=1S/C15H14N2/c1-11-7-12(2)9-15(8-11)17-14-5-3-13(10-16)4-6-14/h3-9,17H,1-2H3. The zero-order valence-corrected chi connectivity index (χ0v) is 9.99. The van der Waals surface area contributed by atoms with Gasteiger partial charge < -0.3 is 5.32 Å². The molecule has 2 aromatic carbocycles. The Balaban J connectivity index is 2.22. The average molecular weight is 222 g/mol. The first-order valence-corrected chi connectivity index (χ1v) is 5.53. The van der Waals surface area contributed by atoms with E-state index < -0.39 is 0 Å². The molecule has 0 saturated carbocycles. The predicted molar refractivity (Wildman–Crippen MR) is 70.4 cm³/mol. The highest BCUT2D eigenvalue weighted by Crippen LogP contribution is 2.19. The average Bonchev–Trinajstić information content (AvgIpc) is 2.28. The van der Waals surface area contributed by atoms with Crippen LogP contribution in [0.15, 0.2) is 42.5 Å². The maximum Gasteiger partial charge on any atom is 0.0991 e. The molecule has 0 aliphatic heterocycles. The van der Waals surface area contributed by atoms with Crippen LogP contribution in [0.1, 0.15) is 16.7 Å². The van der Waals surface area contributed by atoms with Gasteiger partial charge in [0.15, 0.2) is 0 Å². The minimum Gasteiger partial charge on any atom is -0.356 e. The van der Waals surface area contributed by atoms with Crippen LogP contribution in [0, 0.1) is 25.2 Å². The third kappa shape index (κ3) is 2.85. The van der Waals surface area contributed by atoms with E-state index in [1.165, 1.54) is 11.1 Å². The Morgan fingerprint density at radius 3 is 2.00 bits per heavy atom. The number of hydrogen-bond acceptors (Lipinski definition) is 2. The maximum atomic E-state index is 8.72. The molecule has 2 aromatic rings. The molecule has 0 heterocycles. The second-order valence-corrected chi connectivity index (χ2v) is 4.19. The van der Waals surface area contributed by atoms with E-state index in [1.54, 1.807) is 0 Å². The number of nitrogens with one attached hydrogen (secondary N) is 1. The Kier molecular flexibility index (Phi) is 3.11. The van der Waals surface area contributed by atoms with Gasteiger partial charge in [0.2, 0.25) is 0 Å². The van der Waals surface area contributed by atoms with E-state index in [-0.39, 0.29) is 0 Å². The summed E-state index contributed by atoms with van der Waals surface area (Å²) in [7, 11) is 0. The monoisotopic (exact) mass is 222 g/mol. The molecule has 0 amide bonds. The van der Waals surface area contributed by atoms with Crippen LogP contribution in [-0.2, 0) is 0 Å². The van der Waals surface area contributed by atoms with Crippen LogP contribution in [0.25, 0.3) is 0 Å². The number of aryl methyl sites for hydroxylation is 2. The van der Waals surface area contributed by atoms with Crippen molar-refractivity contribution in [1.82, 2.24) is 0 Å². The van der Waals surface area contributed by atoms with E-state index in [1.807, 2.05) is 24.3 Å². The van der Waals surface area contributed by atoms with Gasteiger partial charge in [-0.15, -0.1) is 0 Å². The van der Waals surface area contributed by atoms with Gasteiger partial charge in [-0.1, -0.05) is 6.07 Å². The summed E-state index contributed by atoms with van der Waals surface area (Å²) in [6.07, 6.45) is 0. The summed E-state index contributed by atoms with van der Waals surface area (Å²) in [6, 6.07) is 15.9. The van der Waals surface area contributed by atoms with Crippen molar-refractivity contribution in [2.75, 3.05) is 5.32 Å². The van der Waals surface area contributed by atoms with Crippen molar-refractivity contribution in [2.45, 2.75) is 13.8 Å². The summed E-state index contributed by atoms with van der Waals surface area (Å²) in [4.78, 5) is 0. The van der Waals surface area contributed by atoms with Gasteiger partial charge >= 0.3 is 0 Å². The van der Waals surface area contributed by atoms with Crippen LogP contribution >= 0.6 is 0 Å². The number of benzene rings is 2. The lowest BCUT2D eigenvalue weighted by atomic mass is 10.1. The summed E-state index contributed by atoms with van der Waals surface area (Å²) >= 11 is 0. The zero-order valence-electron chi connectivity index (χ0n) is 9.99. The van der Waals surface area contributed by atoms with Crippen LogP contribution in [0.5, 0.6) is 0 Å². The number of hydrogen-bond donors (Lipinski definition) is 1. The fraction of sp³-hybridized carbons (Fsp3) is 0.133. The van der Waals surface area contributed by atoms with Gasteiger partial charge in [0.25, 0.3) is 0 Å².